The maximum absolute atomic E-state index is 12.3. The molecule has 1 amide bonds. The van der Waals surface area contributed by atoms with Gasteiger partial charge in [-0.15, -0.1) is 0 Å². The number of esters is 1. The molecule has 0 saturated heterocycles. The van der Waals surface area contributed by atoms with Gasteiger partial charge in [0.05, 0.1) is 6.42 Å². The first-order chi connectivity index (χ1) is 13.0. The van der Waals surface area contributed by atoms with E-state index in [-0.39, 0.29) is 37.2 Å². The minimum atomic E-state index is -0.503. The van der Waals surface area contributed by atoms with E-state index in [0.29, 0.717) is 11.5 Å². The molecule has 2 aliphatic carbocycles. The summed E-state index contributed by atoms with van der Waals surface area (Å²) in [6.45, 7) is 1.87. The van der Waals surface area contributed by atoms with Gasteiger partial charge in [0.25, 0.3) is 5.91 Å². The van der Waals surface area contributed by atoms with E-state index in [2.05, 4.69) is 12.2 Å². The highest BCUT2D eigenvalue weighted by Gasteiger charge is 2.23. The maximum Gasteiger partial charge on any atom is 0.306 e. The number of Topliss-reactive ketones (excluding diaryl/α,β-unsaturated/α-hetero) is 1. The first-order valence-corrected chi connectivity index (χ1v) is 10.1. The number of hydrogen-bond donors (Lipinski definition) is 1. The van der Waals surface area contributed by atoms with Crippen LogP contribution < -0.4 is 5.32 Å². The second kappa shape index (κ2) is 9.16. The van der Waals surface area contributed by atoms with Gasteiger partial charge in [0, 0.05) is 18.0 Å². The highest BCUT2D eigenvalue weighted by molar-refractivity contribution is 5.98. The first kappa shape index (κ1) is 19.6. The fourth-order valence-corrected chi connectivity index (χ4v) is 4.10. The molecule has 1 aromatic carbocycles. The van der Waals surface area contributed by atoms with Gasteiger partial charge in [0.15, 0.2) is 12.4 Å². The largest absolute Gasteiger partial charge is 0.456 e. The van der Waals surface area contributed by atoms with Gasteiger partial charge < -0.3 is 10.1 Å². The summed E-state index contributed by atoms with van der Waals surface area (Å²) in [5.41, 5.74) is 3.23. The molecule has 1 saturated carbocycles. The molecular formula is C22H29NO4. The Kier molecular flexibility index (Phi) is 6.64. The van der Waals surface area contributed by atoms with E-state index in [1.807, 2.05) is 18.2 Å². The van der Waals surface area contributed by atoms with E-state index in [1.54, 1.807) is 0 Å². The van der Waals surface area contributed by atoms with Crippen LogP contribution in [0.4, 0.5) is 0 Å². The third-order valence-corrected chi connectivity index (χ3v) is 5.80. The summed E-state index contributed by atoms with van der Waals surface area (Å²) in [7, 11) is 0. The molecule has 0 spiro atoms. The number of fused-ring (bicyclic) bond motifs is 1. The van der Waals surface area contributed by atoms with Crippen LogP contribution in [0.25, 0.3) is 0 Å². The van der Waals surface area contributed by atoms with Crippen LogP contribution in [0.15, 0.2) is 18.2 Å². The van der Waals surface area contributed by atoms with Crippen LogP contribution in [0.2, 0.25) is 0 Å². The zero-order valence-corrected chi connectivity index (χ0v) is 16.1. The lowest BCUT2D eigenvalue weighted by Gasteiger charge is -2.29. The molecule has 5 nitrogen and oxygen atoms in total. The van der Waals surface area contributed by atoms with Crippen LogP contribution in [-0.2, 0) is 27.2 Å². The van der Waals surface area contributed by atoms with Crippen LogP contribution in [0.3, 0.4) is 0 Å². The Morgan fingerprint density at radius 1 is 1.04 bits per heavy atom. The summed E-state index contributed by atoms with van der Waals surface area (Å²) in [5, 5.41) is 2.96. The van der Waals surface area contributed by atoms with Crippen molar-refractivity contribution in [2.45, 2.75) is 70.8 Å². The predicted molar refractivity (Wildman–Crippen MR) is 103 cm³/mol. The van der Waals surface area contributed by atoms with E-state index < -0.39 is 5.97 Å². The van der Waals surface area contributed by atoms with Gasteiger partial charge in [-0.1, -0.05) is 31.9 Å². The quantitative estimate of drug-likeness (QED) is 0.589. The van der Waals surface area contributed by atoms with Gasteiger partial charge >= 0.3 is 5.97 Å². The number of ether oxygens (including phenoxy) is 1. The van der Waals surface area contributed by atoms with Crippen LogP contribution in [-0.4, -0.2) is 30.3 Å². The SMILES string of the molecule is C[C@@H]1CCCC[C@H]1NC(=O)COC(=O)CCC(=O)c1ccc2c(c1)CCC2. The lowest BCUT2D eigenvalue weighted by molar-refractivity contribution is -0.148. The lowest BCUT2D eigenvalue weighted by atomic mass is 9.86. The number of amides is 1. The van der Waals surface area contributed by atoms with Crippen molar-refractivity contribution in [2.75, 3.05) is 6.61 Å². The fraction of sp³-hybridized carbons (Fsp3) is 0.591. The molecule has 1 aromatic rings. The molecule has 0 radical (unpaired) electrons. The van der Waals surface area contributed by atoms with Crippen molar-refractivity contribution in [2.24, 2.45) is 5.92 Å². The second-order valence-corrected chi connectivity index (χ2v) is 7.86. The molecule has 1 fully saturated rings. The molecule has 0 aromatic heterocycles. The van der Waals surface area contributed by atoms with Crippen LogP contribution >= 0.6 is 0 Å². The Bertz CT molecular complexity index is 712. The minimum Gasteiger partial charge on any atom is -0.456 e. The molecule has 0 unspecified atom stereocenters. The number of nitrogens with one attached hydrogen (secondary N) is 1. The summed E-state index contributed by atoms with van der Waals surface area (Å²) in [6.07, 6.45) is 7.79. The highest BCUT2D eigenvalue weighted by Crippen LogP contribution is 2.24. The highest BCUT2D eigenvalue weighted by atomic mass is 16.5. The Hall–Kier alpha value is -2.17. The van der Waals surface area contributed by atoms with Crippen LogP contribution in [0, 0.1) is 5.92 Å². The maximum atomic E-state index is 12.3. The van der Waals surface area contributed by atoms with Gasteiger partial charge in [0.2, 0.25) is 0 Å². The molecular weight excluding hydrogens is 342 g/mol. The number of benzene rings is 1. The zero-order chi connectivity index (χ0) is 19.2. The van der Waals surface area contributed by atoms with Crippen molar-refractivity contribution >= 4 is 17.7 Å². The number of hydrogen-bond acceptors (Lipinski definition) is 4. The molecule has 27 heavy (non-hydrogen) atoms. The topological polar surface area (TPSA) is 72.5 Å². The van der Waals surface area contributed by atoms with E-state index in [1.165, 1.54) is 17.5 Å². The average molecular weight is 371 g/mol. The Balaban J connectivity index is 1.38. The third kappa shape index (κ3) is 5.41. The number of aryl methyl sites for hydroxylation is 2. The van der Waals surface area contributed by atoms with Gasteiger partial charge in [-0.3, -0.25) is 14.4 Å². The zero-order valence-electron chi connectivity index (χ0n) is 16.1. The number of rotatable bonds is 7. The summed E-state index contributed by atoms with van der Waals surface area (Å²) >= 11 is 0. The minimum absolute atomic E-state index is 0.00301. The van der Waals surface area contributed by atoms with Gasteiger partial charge in [-0.2, -0.15) is 0 Å². The van der Waals surface area contributed by atoms with Gasteiger partial charge in [-0.05, 0) is 55.2 Å². The van der Waals surface area contributed by atoms with Crippen molar-refractivity contribution in [1.29, 1.82) is 0 Å². The molecule has 3 rings (SSSR count). The molecule has 0 heterocycles. The number of ketones is 1. The van der Waals surface area contributed by atoms with E-state index in [9.17, 15) is 14.4 Å². The Labute approximate surface area is 160 Å². The second-order valence-electron chi connectivity index (χ2n) is 7.86. The first-order valence-electron chi connectivity index (χ1n) is 10.1. The summed E-state index contributed by atoms with van der Waals surface area (Å²) in [5.74, 6) is -0.353. The van der Waals surface area contributed by atoms with Crippen molar-refractivity contribution in [3.63, 3.8) is 0 Å². The predicted octanol–water partition coefficient (Wildman–Crippen LogP) is 3.38. The molecule has 2 aliphatic rings. The monoisotopic (exact) mass is 371 g/mol. The molecule has 146 valence electrons. The lowest BCUT2D eigenvalue weighted by Crippen LogP contribution is -2.42. The smallest absolute Gasteiger partial charge is 0.306 e. The third-order valence-electron chi connectivity index (χ3n) is 5.80. The fourth-order valence-electron chi connectivity index (χ4n) is 4.10. The molecule has 0 aliphatic heterocycles. The van der Waals surface area contributed by atoms with E-state index in [4.69, 9.17) is 4.74 Å². The van der Waals surface area contributed by atoms with E-state index in [0.717, 1.165) is 38.5 Å². The molecule has 5 heteroatoms. The Morgan fingerprint density at radius 2 is 1.81 bits per heavy atom. The van der Waals surface area contributed by atoms with Crippen molar-refractivity contribution in [1.82, 2.24) is 5.32 Å². The van der Waals surface area contributed by atoms with Crippen molar-refractivity contribution in [3.8, 4) is 0 Å². The Morgan fingerprint density at radius 3 is 2.63 bits per heavy atom. The normalized spacial score (nSPS) is 21.4. The summed E-state index contributed by atoms with van der Waals surface area (Å²) in [6, 6.07) is 5.99. The van der Waals surface area contributed by atoms with Crippen LogP contribution in [0.5, 0.6) is 0 Å². The molecule has 0 bridgehead atoms. The van der Waals surface area contributed by atoms with Crippen LogP contribution in [0.1, 0.15) is 73.4 Å². The van der Waals surface area contributed by atoms with E-state index >= 15 is 0 Å². The number of carbonyl (C=O) groups excluding carboxylic acids is 3. The summed E-state index contributed by atoms with van der Waals surface area (Å²) in [4.78, 5) is 36.1. The molecule has 1 N–H and O–H groups in total. The van der Waals surface area contributed by atoms with Crippen molar-refractivity contribution < 1.29 is 19.1 Å². The standard InChI is InChI=1S/C22H29NO4/c1-15-5-2-3-8-19(15)23-21(25)14-27-22(26)12-11-20(24)18-10-9-16-6-4-7-17(16)13-18/h9-10,13,15,19H,2-8,11-12,14H2,1H3,(H,23,25)/t15-,19-/m1/s1. The average Bonchev–Trinajstić information content (AvgIpc) is 3.14. The van der Waals surface area contributed by atoms with Gasteiger partial charge in [-0.25, -0.2) is 0 Å². The van der Waals surface area contributed by atoms with Crippen molar-refractivity contribution in [3.05, 3.63) is 34.9 Å². The molecule has 2 atom stereocenters. The van der Waals surface area contributed by atoms with Gasteiger partial charge in [0.1, 0.15) is 0 Å². The number of carbonyl (C=O) groups is 3. The summed E-state index contributed by atoms with van der Waals surface area (Å²) < 4.78 is 5.04.